The molecule has 2 aromatic heterocycles. The van der Waals surface area contributed by atoms with Crippen molar-refractivity contribution in [1.82, 2.24) is 20.3 Å². The van der Waals surface area contributed by atoms with E-state index in [9.17, 15) is 4.79 Å². The van der Waals surface area contributed by atoms with Crippen LogP contribution in [0.1, 0.15) is 18.5 Å². The summed E-state index contributed by atoms with van der Waals surface area (Å²) in [6, 6.07) is 15.9. The minimum absolute atomic E-state index is 0.0657. The van der Waals surface area contributed by atoms with Crippen molar-refractivity contribution < 1.29 is 4.79 Å². The van der Waals surface area contributed by atoms with Crippen LogP contribution < -0.4 is 10.2 Å². The molecule has 0 spiro atoms. The van der Waals surface area contributed by atoms with Gasteiger partial charge in [-0.2, -0.15) is 0 Å². The van der Waals surface area contributed by atoms with Gasteiger partial charge in [-0.3, -0.25) is 9.78 Å². The number of hydrogen-bond donors (Lipinski definition) is 1. The summed E-state index contributed by atoms with van der Waals surface area (Å²) in [6.45, 7) is 1.98. The summed E-state index contributed by atoms with van der Waals surface area (Å²) in [7, 11) is 0. The van der Waals surface area contributed by atoms with Gasteiger partial charge in [0, 0.05) is 36.6 Å². The van der Waals surface area contributed by atoms with Crippen molar-refractivity contribution in [2.24, 2.45) is 5.92 Å². The molecule has 0 aliphatic carbocycles. The number of nitrogens with one attached hydrogen (secondary N) is 1. The fourth-order valence-corrected chi connectivity index (χ4v) is 4.32. The van der Waals surface area contributed by atoms with E-state index in [-0.39, 0.29) is 11.8 Å². The molecule has 148 valence electrons. The minimum Gasteiger partial charge on any atom is -0.354 e. The highest BCUT2D eigenvalue weighted by atomic mass is 32.2. The average molecular weight is 406 g/mol. The van der Waals surface area contributed by atoms with Gasteiger partial charge in [-0.15, -0.1) is 0 Å². The average Bonchev–Trinajstić information content (AvgIpc) is 2.79. The number of hydrogen-bond acceptors (Lipinski definition) is 6. The molecular weight excluding hydrogens is 382 g/mol. The third-order valence-electron chi connectivity index (χ3n) is 4.87. The van der Waals surface area contributed by atoms with E-state index in [1.54, 1.807) is 30.4 Å². The smallest absolute Gasteiger partial charge is 0.225 e. The molecule has 3 heterocycles. The molecule has 1 unspecified atom stereocenters. The highest BCUT2D eigenvalue weighted by molar-refractivity contribution is 7.99. The van der Waals surface area contributed by atoms with Crippen LogP contribution in [0.15, 0.2) is 77.0 Å². The molecular formula is C22H23N5OS. The summed E-state index contributed by atoms with van der Waals surface area (Å²) < 4.78 is 0. The van der Waals surface area contributed by atoms with Crippen molar-refractivity contribution in [2.75, 3.05) is 18.0 Å². The third kappa shape index (κ3) is 5.12. The summed E-state index contributed by atoms with van der Waals surface area (Å²) >= 11 is 1.60. The number of piperidine rings is 1. The summed E-state index contributed by atoms with van der Waals surface area (Å²) in [5.74, 6) is 0.856. The molecule has 1 aliphatic heterocycles. The van der Waals surface area contributed by atoms with Gasteiger partial charge < -0.3 is 10.2 Å². The number of carbonyl (C=O) groups excluding carboxylic acids is 1. The Morgan fingerprint density at radius 2 is 1.86 bits per heavy atom. The summed E-state index contributed by atoms with van der Waals surface area (Å²) in [4.78, 5) is 29.4. The lowest BCUT2D eigenvalue weighted by Crippen LogP contribution is -2.43. The van der Waals surface area contributed by atoms with Crippen molar-refractivity contribution in [3.05, 3.63) is 72.8 Å². The zero-order chi connectivity index (χ0) is 19.9. The zero-order valence-corrected chi connectivity index (χ0v) is 16.9. The Hall–Kier alpha value is -2.93. The van der Waals surface area contributed by atoms with Gasteiger partial charge in [0.15, 0.2) is 5.82 Å². The Morgan fingerprint density at radius 3 is 2.69 bits per heavy atom. The Labute approximate surface area is 174 Å². The predicted octanol–water partition coefficient (Wildman–Crippen LogP) is 3.56. The number of rotatable bonds is 6. The maximum atomic E-state index is 12.7. The highest BCUT2D eigenvalue weighted by Gasteiger charge is 2.28. The maximum absolute atomic E-state index is 12.7. The lowest BCUT2D eigenvalue weighted by atomic mass is 9.97. The highest BCUT2D eigenvalue weighted by Crippen LogP contribution is 2.33. The van der Waals surface area contributed by atoms with Crippen molar-refractivity contribution in [2.45, 2.75) is 29.3 Å². The van der Waals surface area contributed by atoms with Crippen LogP contribution in [-0.4, -0.2) is 33.9 Å². The normalized spacial score (nSPS) is 16.4. The van der Waals surface area contributed by atoms with Crippen LogP contribution >= 0.6 is 11.8 Å². The quantitative estimate of drug-likeness (QED) is 0.676. The second-order valence-electron chi connectivity index (χ2n) is 6.92. The SMILES string of the molecule is O=C(NCc1ccccn1)C1CCCN(c2nccnc2Sc2ccccc2)C1. The molecule has 4 rings (SSSR count). The molecule has 1 N–H and O–H groups in total. The Balaban J connectivity index is 1.42. The zero-order valence-electron chi connectivity index (χ0n) is 16.1. The second kappa shape index (κ2) is 9.52. The molecule has 1 aliphatic rings. The molecule has 29 heavy (non-hydrogen) atoms. The monoisotopic (exact) mass is 405 g/mol. The van der Waals surface area contributed by atoms with Gasteiger partial charge in [-0.05, 0) is 37.1 Å². The van der Waals surface area contributed by atoms with E-state index < -0.39 is 0 Å². The van der Waals surface area contributed by atoms with Crippen LogP contribution in [-0.2, 0) is 11.3 Å². The van der Waals surface area contributed by atoms with Crippen LogP contribution in [0.4, 0.5) is 5.82 Å². The lowest BCUT2D eigenvalue weighted by Gasteiger charge is -2.33. The molecule has 0 radical (unpaired) electrons. The summed E-state index contributed by atoms with van der Waals surface area (Å²) in [6.07, 6.45) is 7.01. The first kappa shape index (κ1) is 19.4. The fraction of sp³-hybridized carbons (Fsp3) is 0.273. The number of nitrogens with zero attached hydrogens (tertiary/aromatic N) is 4. The first-order valence-electron chi connectivity index (χ1n) is 9.76. The van der Waals surface area contributed by atoms with E-state index in [4.69, 9.17) is 0 Å². The van der Waals surface area contributed by atoms with E-state index in [2.05, 4.69) is 37.3 Å². The van der Waals surface area contributed by atoms with Gasteiger partial charge in [0.1, 0.15) is 5.03 Å². The van der Waals surface area contributed by atoms with Crippen molar-refractivity contribution in [3.63, 3.8) is 0 Å². The topological polar surface area (TPSA) is 71.0 Å². The fourth-order valence-electron chi connectivity index (χ4n) is 3.42. The summed E-state index contributed by atoms with van der Waals surface area (Å²) in [5.41, 5.74) is 0.865. The minimum atomic E-state index is -0.0657. The molecule has 7 heteroatoms. The lowest BCUT2D eigenvalue weighted by molar-refractivity contribution is -0.125. The number of benzene rings is 1. The molecule has 6 nitrogen and oxygen atoms in total. The number of aromatic nitrogens is 3. The standard InChI is InChI=1S/C22H23N5OS/c28-21(26-15-18-8-4-5-11-23-18)17-7-6-14-27(16-17)20-22(25-13-12-24-20)29-19-9-2-1-3-10-19/h1-5,8-13,17H,6-7,14-16H2,(H,26,28). The molecule has 1 amide bonds. The van der Waals surface area contributed by atoms with Crippen molar-refractivity contribution >= 4 is 23.5 Å². The first-order valence-corrected chi connectivity index (χ1v) is 10.6. The van der Waals surface area contributed by atoms with E-state index in [0.717, 1.165) is 40.8 Å². The molecule has 3 aromatic rings. The van der Waals surface area contributed by atoms with Crippen molar-refractivity contribution in [3.8, 4) is 0 Å². The van der Waals surface area contributed by atoms with Crippen LogP contribution in [0.25, 0.3) is 0 Å². The molecule has 1 atom stereocenters. The Morgan fingerprint density at radius 1 is 1.03 bits per heavy atom. The van der Waals surface area contributed by atoms with Crippen LogP contribution in [0.3, 0.4) is 0 Å². The first-order chi connectivity index (χ1) is 14.3. The van der Waals surface area contributed by atoms with E-state index in [1.807, 2.05) is 36.4 Å². The number of pyridine rings is 1. The number of carbonyl (C=O) groups is 1. The number of anilines is 1. The van der Waals surface area contributed by atoms with E-state index >= 15 is 0 Å². The van der Waals surface area contributed by atoms with Gasteiger partial charge in [-0.1, -0.05) is 36.0 Å². The van der Waals surface area contributed by atoms with Crippen LogP contribution in [0, 0.1) is 5.92 Å². The molecule has 0 bridgehead atoms. The van der Waals surface area contributed by atoms with E-state index in [0.29, 0.717) is 13.1 Å². The van der Waals surface area contributed by atoms with Gasteiger partial charge >= 0.3 is 0 Å². The molecule has 1 aromatic carbocycles. The van der Waals surface area contributed by atoms with E-state index in [1.165, 1.54) is 0 Å². The van der Waals surface area contributed by atoms with Gasteiger partial charge in [0.25, 0.3) is 0 Å². The molecule has 0 saturated carbocycles. The molecule has 1 fully saturated rings. The van der Waals surface area contributed by atoms with Crippen molar-refractivity contribution in [1.29, 1.82) is 0 Å². The van der Waals surface area contributed by atoms with Crippen LogP contribution in [0.5, 0.6) is 0 Å². The second-order valence-corrected chi connectivity index (χ2v) is 7.99. The Kier molecular flexibility index (Phi) is 6.36. The van der Waals surface area contributed by atoms with Gasteiger partial charge in [0.2, 0.25) is 5.91 Å². The Bertz CT molecular complexity index is 938. The molecule has 1 saturated heterocycles. The van der Waals surface area contributed by atoms with Crippen LogP contribution in [0.2, 0.25) is 0 Å². The predicted molar refractivity (Wildman–Crippen MR) is 114 cm³/mol. The maximum Gasteiger partial charge on any atom is 0.225 e. The summed E-state index contributed by atoms with van der Waals surface area (Å²) in [5, 5.41) is 3.89. The number of amides is 1. The largest absolute Gasteiger partial charge is 0.354 e. The third-order valence-corrected chi connectivity index (χ3v) is 5.86. The van der Waals surface area contributed by atoms with Gasteiger partial charge in [-0.25, -0.2) is 9.97 Å². The van der Waals surface area contributed by atoms with Gasteiger partial charge in [0.05, 0.1) is 18.2 Å².